The zero-order valence-corrected chi connectivity index (χ0v) is 11.1. The van der Waals surface area contributed by atoms with Gasteiger partial charge >= 0.3 is 0 Å². The summed E-state index contributed by atoms with van der Waals surface area (Å²) in [6.45, 7) is 1.63. The van der Waals surface area contributed by atoms with E-state index in [2.05, 4.69) is 47.4 Å². The topological polar surface area (TPSA) is 34.0 Å². The first-order valence-electron chi connectivity index (χ1n) is 5.72. The van der Waals surface area contributed by atoms with Gasteiger partial charge in [0.25, 0.3) is 0 Å². The van der Waals surface area contributed by atoms with Crippen LogP contribution in [-0.2, 0) is 24.4 Å². The van der Waals surface area contributed by atoms with E-state index in [1.807, 2.05) is 0 Å². The molecule has 0 spiro atoms. The van der Waals surface area contributed by atoms with Gasteiger partial charge in [-0.15, -0.1) is 0 Å². The molecule has 2 aromatic rings. The van der Waals surface area contributed by atoms with Gasteiger partial charge in [-0.25, -0.2) is 0 Å². The lowest BCUT2D eigenvalue weighted by molar-refractivity contribution is 0.677. The minimum absolute atomic E-state index is 0.713. The van der Waals surface area contributed by atoms with Crippen LogP contribution in [0.3, 0.4) is 0 Å². The predicted molar refractivity (Wildman–Crippen MR) is 73.6 cm³/mol. The number of hydrogen-bond donors (Lipinski definition) is 1. The normalized spacial score (nSPS) is 13.1. The molecule has 1 heterocycles. The Morgan fingerprint density at radius 1 is 1.35 bits per heavy atom. The van der Waals surface area contributed by atoms with Crippen molar-refractivity contribution in [2.45, 2.75) is 6.54 Å². The second-order valence-electron chi connectivity index (χ2n) is 4.24. The summed E-state index contributed by atoms with van der Waals surface area (Å²) >= 11 is 0. The fourth-order valence-corrected chi connectivity index (χ4v) is 2.44. The van der Waals surface area contributed by atoms with Crippen LogP contribution < -0.4 is 5.32 Å². The molecule has 92 valence electrons. The van der Waals surface area contributed by atoms with E-state index in [0.717, 1.165) is 13.1 Å². The van der Waals surface area contributed by atoms with E-state index in [1.54, 1.807) is 6.26 Å². The van der Waals surface area contributed by atoms with Crippen LogP contribution in [0, 0.1) is 0 Å². The van der Waals surface area contributed by atoms with E-state index in [9.17, 15) is 4.21 Å². The van der Waals surface area contributed by atoms with Crippen molar-refractivity contribution >= 4 is 21.7 Å². The van der Waals surface area contributed by atoms with Gasteiger partial charge in [-0.3, -0.25) is 4.21 Å². The Morgan fingerprint density at radius 3 is 2.88 bits per heavy atom. The number of rotatable bonds is 5. The summed E-state index contributed by atoms with van der Waals surface area (Å²) in [6, 6.07) is 8.39. The quantitative estimate of drug-likeness (QED) is 0.819. The van der Waals surface area contributed by atoms with Crippen molar-refractivity contribution in [3.63, 3.8) is 0 Å². The molecule has 2 rings (SSSR count). The summed E-state index contributed by atoms with van der Waals surface area (Å²) < 4.78 is 13.1. The fourth-order valence-electron chi connectivity index (χ4n) is 2.01. The van der Waals surface area contributed by atoms with Crippen LogP contribution in [0.1, 0.15) is 5.56 Å². The van der Waals surface area contributed by atoms with Crippen LogP contribution in [0.5, 0.6) is 0 Å². The summed E-state index contributed by atoms with van der Waals surface area (Å²) in [5.74, 6) is 0.713. The highest BCUT2D eigenvalue weighted by Gasteiger charge is 2.04. The third-order valence-electron chi connectivity index (χ3n) is 2.86. The molecule has 1 atom stereocenters. The number of para-hydroxylation sites is 1. The van der Waals surface area contributed by atoms with E-state index in [4.69, 9.17) is 0 Å². The van der Waals surface area contributed by atoms with Gasteiger partial charge in [0, 0.05) is 60.0 Å². The standard InChI is InChI=1S/C13H18N2OS/c1-15-10-11(9-14-7-8-17(2)16)12-5-3-4-6-13(12)15/h3-6,10,14H,7-9H2,1-2H3. The second kappa shape index (κ2) is 5.47. The van der Waals surface area contributed by atoms with Crippen molar-refractivity contribution in [2.24, 2.45) is 7.05 Å². The van der Waals surface area contributed by atoms with Crippen LogP contribution >= 0.6 is 0 Å². The van der Waals surface area contributed by atoms with Gasteiger partial charge in [0.15, 0.2) is 0 Å². The molecular weight excluding hydrogens is 232 g/mol. The van der Waals surface area contributed by atoms with Gasteiger partial charge in [0.2, 0.25) is 0 Å². The highest BCUT2D eigenvalue weighted by molar-refractivity contribution is 7.84. The van der Waals surface area contributed by atoms with Gasteiger partial charge in [0.1, 0.15) is 0 Å². The Balaban J connectivity index is 2.06. The number of aryl methyl sites for hydroxylation is 1. The van der Waals surface area contributed by atoms with Crippen molar-refractivity contribution in [3.8, 4) is 0 Å². The van der Waals surface area contributed by atoms with E-state index in [0.29, 0.717) is 5.75 Å². The first-order chi connectivity index (χ1) is 8.18. The molecular formula is C13H18N2OS. The van der Waals surface area contributed by atoms with Crippen LogP contribution in [0.2, 0.25) is 0 Å². The van der Waals surface area contributed by atoms with E-state index >= 15 is 0 Å². The molecule has 0 aliphatic heterocycles. The van der Waals surface area contributed by atoms with E-state index < -0.39 is 10.8 Å². The largest absolute Gasteiger partial charge is 0.350 e. The molecule has 3 nitrogen and oxygen atoms in total. The molecule has 0 bridgehead atoms. The number of fused-ring (bicyclic) bond motifs is 1. The number of nitrogens with one attached hydrogen (secondary N) is 1. The summed E-state index contributed by atoms with van der Waals surface area (Å²) in [5, 5.41) is 4.62. The van der Waals surface area contributed by atoms with Crippen molar-refractivity contribution in [2.75, 3.05) is 18.6 Å². The molecule has 0 saturated carbocycles. The molecule has 1 unspecified atom stereocenters. The lowest BCUT2D eigenvalue weighted by Gasteiger charge is -2.02. The van der Waals surface area contributed by atoms with Gasteiger partial charge in [-0.1, -0.05) is 18.2 Å². The molecule has 1 aromatic carbocycles. The first kappa shape index (κ1) is 12.3. The van der Waals surface area contributed by atoms with Gasteiger partial charge in [-0.05, 0) is 11.6 Å². The highest BCUT2D eigenvalue weighted by Crippen LogP contribution is 2.19. The highest BCUT2D eigenvalue weighted by atomic mass is 32.2. The summed E-state index contributed by atoms with van der Waals surface area (Å²) in [6.07, 6.45) is 3.89. The smallest absolute Gasteiger partial charge is 0.0481 e. The van der Waals surface area contributed by atoms with Crippen LogP contribution in [0.25, 0.3) is 10.9 Å². The average molecular weight is 250 g/mol. The van der Waals surface area contributed by atoms with Crippen molar-refractivity contribution < 1.29 is 4.21 Å². The zero-order valence-electron chi connectivity index (χ0n) is 10.3. The molecule has 1 aromatic heterocycles. The lowest BCUT2D eigenvalue weighted by atomic mass is 10.2. The Hall–Kier alpha value is -1.13. The molecule has 1 N–H and O–H groups in total. The predicted octanol–water partition coefficient (Wildman–Crippen LogP) is 1.65. The molecule has 0 saturated heterocycles. The fraction of sp³-hybridized carbons (Fsp3) is 0.385. The number of hydrogen-bond acceptors (Lipinski definition) is 2. The molecule has 4 heteroatoms. The van der Waals surface area contributed by atoms with Crippen LogP contribution in [0.15, 0.2) is 30.5 Å². The molecule has 0 aliphatic carbocycles. The molecule has 0 fully saturated rings. The van der Waals surface area contributed by atoms with E-state index in [-0.39, 0.29) is 0 Å². The van der Waals surface area contributed by atoms with Crippen molar-refractivity contribution in [3.05, 3.63) is 36.0 Å². The maximum absolute atomic E-state index is 10.9. The molecule has 0 amide bonds. The Labute approximate surface area is 104 Å². The lowest BCUT2D eigenvalue weighted by Crippen LogP contribution is -2.19. The second-order valence-corrected chi connectivity index (χ2v) is 5.79. The van der Waals surface area contributed by atoms with Crippen molar-refractivity contribution in [1.82, 2.24) is 9.88 Å². The average Bonchev–Trinajstić information content (AvgIpc) is 2.63. The minimum Gasteiger partial charge on any atom is -0.350 e. The summed E-state index contributed by atoms with van der Waals surface area (Å²) in [4.78, 5) is 0. The number of aromatic nitrogens is 1. The summed E-state index contributed by atoms with van der Waals surface area (Å²) in [5.41, 5.74) is 2.55. The van der Waals surface area contributed by atoms with Gasteiger partial charge in [-0.2, -0.15) is 0 Å². The SMILES string of the molecule is Cn1cc(CNCCS(C)=O)c2ccccc21. The van der Waals surface area contributed by atoms with Gasteiger partial charge < -0.3 is 9.88 Å². The molecule has 17 heavy (non-hydrogen) atoms. The monoisotopic (exact) mass is 250 g/mol. The van der Waals surface area contributed by atoms with Crippen LogP contribution in [0.4, 0.5) is 0 Å². The Bertz CT molecular complexity index is 533. The first-order valence-corrected chi connectivity index (χ1v) is 7.45. The number of benzene rings is 1. The third kappa shape index (κ3) is 2.96. The maximum atomic E-state index is 10.9. The maximum Gasteiger partial charge on any atom is 0.0481 e. The Kier molecular flexibility index (Phi) is 3.97. The molecule has 0 aliphatic rings. The van der Waals surface area contributed by atoms with Gasteiger partial charge in [0.05, 0.1) is 0 Å². The molecule has 0 radical (unpaired) electrons. The number of nitrogens with zero attached hydrogens (tertiary/aromatic N) is 1. The van der Waals surface area contributed by atoms with E-state index in [1.165, 1.54) is 16.5 Å². The minimum atomic E-state index is -0.713. The van der Waals surface area contributed by atoms with Crippen molar-refractivity contribution in [1.29, 1.82) is 0 Å². The van der Waals surface area contributed by atoms with Crippen LogP contribution in [-0.4, -0.2) is 27.3 Å². The third-order valence-corrected chi connectivity index (χ3v) is 3.64. The zero-order chi connectivity index (χ0) is 12.3. The Morgan fingerprint density at radius 2 is 2.12 bits per heavy atom. The summed E-state index contributed by atoms with van der Waals surface area (Å²) in [7, 11) is 1.35.